The SMILES string of the molecule is Cl.NCC1CCCC1NC(=O)C1CC1C1CCCCC1. The summed E-state index contributed by atoms with van der Waals surface area (Å²) in [5, 5.41) is 3.29. The number of carbonyl (C=O) groups excluding carboxylic acids is 1. The van der Waals surface area contributed by atoms with Crippen molar-refractivity contribution >= 4 is 18.3 Å². The highest BCUT2D eigenvalue weighted by Gasteiger charge is 2.48. The van der Waals surface area contributed by atoms with Gasteiger partial charge in [-0.3, -0.25) is 4.79 Å². The Hall–Kier alpha value is -0.280. The minimum atomic E-state index is 0. The van der Waals surface area contributed by atoms with E-state index in [9.17, 15) is 4.79 Å². The van der Waals surface area contributed by atoms with Crippen molar-refractivity contribution in [3.8, 4) is 0 Å². The molecular weight excluding hydrogens is 272 g/mol. The Bertz CT molecular complexity index is 330. The number of halogens is 1. The van der Waals surface area contributed by atoms with Crippen molar-refractivity contribution in [1.82, 2.24) is 5.32 Å². The average Bonchev–Trinajstić information content (AvgIpc) is 3.14. The molecule has 1 amide bonds. The summed E-state index contributed by atoms with van der Waals surface area (Å²) < 4.78 is 0. The molecule has 0 aromatic heterocycles. The third kappa shape index (κ3) is 3.48. The summed E-state index contributed by atoms with van der Waals surface area (Å²) in [5.41, 5.74) is 5.78. The first kappa shape index (κ1) is 16.1. The van der Waals surface area contributed by atoms with Crippen LogP contribution in [0.2, 0.25) is 0 Å². The van der Waals surface area contributed by atoms with E-state index in [4.69, 9.17) is 5.73 Å². The van der Waals surface area contributed by atoms with Crippen LogP contribution >= 0.6 is 12.4 Å². The van der Waals surface area contributed by atoms with Crippen LogP contribution in [0.1, 0.15) is 57.8 Å². The van der Waals surface area contributed by atoms with Crippen LogP contribution < -0.4 is 11.1 Å². The van der Waals surface area contributed by atoms with E-state index in [0.29, 0.717) is 29.7 Å². The van der Waals surface area contributed by atoms with Gasteiger partial charge in [-0.15, -0.1) is 12.4 Å². The van der Waals surface area contributed by atoms with Gasteiger partial charge in [-0.25, -0.2) is 0 Å². The van der Waals surface area contributed by atoms with E-state index >= 15 is 0 Å². The first-order chi connectivity index (χ1) is 9.29. The average molecular weight is 301 g/mol. The minimum absolute atomic E-state index is 0. The summed E-state index contributed by atoms with van der Waals surface area (Å²) in [6.07, 6.45) is 11.6. The van der Waals surface area contributed by atoms with Crippen molar-refractivity contribution in [2.24, 2.45) is 29.4 Å². The Morgan fingerprint density at radius 2 is 1.80 bits per heavy atom. The molecule has 0 radical (unpaired) electrons. The lowest BCUT2D eigenvalue weighted by molar-refractivity contribution is -0.123. The quantitative estimate of drug-likeness (QED) is 0.839. The molecule has 3 fully saturated rings. The smallest absolute Gasteiger partial charge is 0.223 e. The minimum Gasteiger partial charge on any atom is -0.353 e. The molecule has 3 nitrogen and oxygen atoms in total. The van der Waals surface area contributed by atoms with Crippen molar-refractivity contribution < 1.29 is 4.79 Å². The first-order valence-electron chi connectivity index (χ1n) is 8.30. The first-order valence-corrected chi connectivity index (χ1v) is 8.30. The molecule has 0 spiro atoms. The van der Waals surface area contributed by atoms with Gasteiger partial charge in [-0.1, -0.05) is 38.5 Å². The van der Waals surface area contributed by atoms with E-state index in [-0.39, 0.29) is 12.4 Å². The fraction of sp³-hybridized carbons (Fsp3) is 0.938. The predicted octanol–water partition coefficient (Wildman–Crippen LogP) is 2.87. The van der Waals surface area contributed by atoms with Gasteiger partial charge in [0.1, 0.15) is 0 Å². The summed E-state index contributed by atoms with van der Waals surface area (Å²) in [4.78, 5) is 12.3. The summed E-state index contributed by atoms with van der Waals surface area (Å²) in [7, 11) is 0. The summed E-state index contributed by atoms with van der Waals surface area (Å²) >= 11 is 0. The Morgan fingerprint density at radius 1 is 1.05 bits per heavy atom. The maximum absolute atomic E-state index is 12.3. The molecule has 0 aromatic rings. The molecule has 0 saturated heterocycles. The van der Waals surface area contributed by atoms with E-state index in [1.807, 2.05) is 0 Å². The molecular formula is C16H29ClN2O. The van der Waals surface area contributed by atoms with Crippen LogP contribution in [0.4, 0.5) is 0 Å². The molecule has 3 aliphatic carbocycles. The van der Waals surface area contributed by atoms with E-state index in [2.05, 4.69) is 5.32 Å². The molecule has 0 aromatic carbocycles. The maximum Gasteiger partial charge on any atom is 0.223 e. The third-order valence-corrected chi connectivity index (χ3v) is 5.72. The number of amides is 1. The van der Waals surface area contributed by atoms with Crippen molar-refractivity contribution in [3.05, 3.63) is 0 Å². The number of carbonyl (C=O) groups is 1. The zero-order valence-corrected chi connectivity index (χ0v) is 13.2. The van der Waals surface area contributed by atoms with Gasteiger partial charge in [0.2, 0.25) is 5.91 Å². The highest BCUT2D eigenvalue weighted by Crippen LogP contribution is 2.49. The second kappa shape index (κ2) is 7.13. The lowest BCUT2D eigenvalue weighted by atomic mass is 9.85. The van der Waals surface area contributed by atoms with Gasteiger partial charge in [0.05, 0.1) is 0 Å². The normalized spacial score (nSPS) is 37.2. The molecule has 0 heterocycles. The number of nitrogens with two attached hydrogens (primary N) is 1. The maximum atomic E-state index is 12.3. The van der Waals surface area contributed by atoms with Crippen molar-refractivity contribution in [2.75, 3.05) is 6.54 Å². The van der Waals surface area contributed by atoms with E-state index in [1.54, 1.807) is 0 Å². The molecule has 3 rings (SSSR count). The molecule has 3 N–H and O–H groups in total. The standard InChI is InChI=1S/C16H28N2O.ClH/c17-10-12-7-4-8-15(12)18-16(19)14-9-13(14)11-5-2-1-3-6-11;/h11-15H,1-10,17H2,(H,18,19);1H. The van der Waals surface area contributed by atoms with Crippen LogP contribution in [0.25, 0.3) is 0 Å². The molecule has 3 saturated carbocycles. The van der Waals surface area contributed by atoms with Crippen molar-refractivity contribution in [3.63, 3.8) is 0 Å². The van der Waals surface area contributed by atoms with Gasteiger partial charge < -0.3 is 11.1 Å². The number of rotatable bonds is 4. The molecule has 0 bridgehead atoms. The summed E-state index contributed by atoms with van der Waals surface area (Å²) in [5.74, 6) is 2.75. The molecule has 4 unspecified atom stereocenters. The van der Waals surface area contributed by atoms with Gasteiger partial charge in [-0.2, -0.15) is 0 Å². The molecule has 116 valence electrons. The van der Waals surface area contributed by atoms with Crippen LogP contribution in [0, 0.1) is 23.7 Å². The van der Waals surface area contributed by atoms with Crippen molar-refractivity contribution in [2.45, 2.75) is 63.8 Å². The monoisotopic (exact) mass is 300 g/mol. The third-order valence-electron chi connectivity index (χ3n) is 5.72. The van der Waals surface area contributed by atoms with E-state index in [1.165, 1.54) is 44.9 Å². The lowest BCUT2D eigenvalue weighted by Gasteiger charge is -2.22. The van der Waals surface area contributed by atoms with Crippen LogP contribution in [-0.4, -0.2) is 18.5 Å². The van der Waals surface area contributed by atoms with Gasteiger partial charge in [0, 0.05) is 12.0 Å². The molecule has 3 aliphatic rings. The zero-order chi connectivity index (χ0) is 13.2. The van der Waals surface area contributed by atoms with Gasteiger partial charge in [0.25, 0.3) is 0 Å². The van der Waals surface area contributed by atoms with Gasteiger partial charge in [0.15, 0.2) is 0 Å². The summed E-state index contributed by atoms with van der Waals surface area (Å²) in [6, 6.07) is 0.366. The Labute approximate surface area is 128 Å². The Balaban J connectivity index is 0.00000147. The zero-order valence-electron chi connectivity index (χ0n) is 12.4. The van der Waals surface area contributed by atoms with Crippen LogP contribution in [0.15, 0.2) is 0 Å². The number of nitrogens with one attached hydrogen (secondary N) is 1. The van der Waals surface area contributed by atoms with Crippen LogP contribution in [0.3, 0.4) is 0 Å². The van der Waals surface area contributed by atoms with Gasteiger partial charge in [-0.05, 0) is 43.6 Å². The van der Waals surface area contributed by atoms with Crippen LogP contribution in [0.5, 0.6) is 0 Å². The van der Waals surface area contributed by atoms with Gasteiger partial charge >= 0.3 is 0 Å². The highest BCUT2D eigenvalue weighted by atomic mass is 35.5. The molecule has 20 heavy (non-hydrogen) atoms. The fourth-order valence-corrected chi connectivity index (χ4v) is 4.40. The highest BCUT2D eigenvalue weighted by molar-refractivity contribution is 5.85. The molecule has 0 aliphatic heterocycles. The van der Waals surface area contributed by atoms with Crippen LogP contribution in [-0.2, 0) is 4.79 Å². The van der Waals surface area contributed by atoms with Crippen molar-refractivity contribution in [1.29, 1.82) is 0 Å². The fourth-order valence-electron chi connectivity index (χ4n) is 4.40. The largest absolute Gasteiger partial charge is 0.353 e. The molecule has 4 atom stereocenters. The second-order valence-electron chi connectivity index (χ2n) is 6.95. The topological polar surface area (TPSA) is 55.1 Å². The Kier molecular flexibility index (Phi) is 5.74. The van der Waals surface area contributed by atoms with E-state index < -0.39 is 0 Å². The summed E-state index contributed by atoms with van der Waals surface area (Å²) in [6.45, 7) is 0.724. The predicted molar refractivity (Wildman–Crippen MR) is 83.7 cm³/mol. The number of hydrogen-bond acceptors (Lipinski definition) is 2. The second-order valence-corrected chi connectivity index (χ2v) is 6.95. The van der Waals surface area contributed by atoms with E-state index in [0.717, 1.165) is 25.3 Å². The lowest BCUT2D eigenvalue weighted by Crippen LogP contribution is -2.41. The Morgan fingerprint density at radius 3 is 2.50 bits per heavy atom. The molecule has 4 heteroatoms. The number of hydrogen-bond donors (Lipinski definition) is 2.